The Kier molecular flexibility index (Phi) is 5.57. The van der Waals surface area contributed by atoms with Crippen molar-refractivity contribution in [1.29, 1.82) is 0 Å². The third kappa shape index (κ3) is 3.68. The van der Waals surface area contributed by atoms with E-state index < -0.39 is 10.3 Å². The molecule has 1 atom stereocenters. The molecule has 0 bridgehead atoms. The molecule has 0 amide bonds. The Morgan fingerprint density at radius 2 is 2.09 bits per heavy atom. The van der Waals surface area contributed by atoms with E-state index in [1.807, 2.05) is 6.08 Å². The maximum atomic E-state index is 10.4. The minimum absolute atomic E-state index is 0. The molecular weight excluding hydrogens is 190 g/mol. The van der Waals surface area contributed by atoms with E-state index in [4.69, 9.17) is 0 Å². The summed E-state index contributed by atoms with van der Waals surface area (Å²) in [4.78, 5) is 0.451. The summed E-state index contributed by atoms with van der Waals surface area (Å²) in [5.74, 6) is 0. The quantitative estimate of drug-likeness (QED) is 0.319. The van der Waals surface area contributed by atoms with Gasteiger partial charge in [-0.05, 0) is 11.4 Å². The summed E-state index contributed by atoms with van der Waals surface area (Å²) in [6.07, 6.45) is 5.74. The maximum absolute atomic E-state index is 10.4. The van der Waals surface area contributed by atoms with Gasteiger partial charge in [0.05, 0.1) is 4.86 Å². The Morgan fingerprint density at radius 3 is 2.45 bits per heavy atom. The summed E-state index contributed by atoms with van der Waals surface area (Å²) >= 11 is 0. The molecule has 5 heteroatoms. The van der Waals surface area contributed by atoms with Gasteiger partial charge in [-0.3, -0.25) is 0 Å². The molecule has 55 valence electrons. The minimum atomic E-state index is -2.05. The van der Waals surface area contributed by atoms with E-state index in [1.54, 1.807) is 12.2 Å². The van der Waals surface area contributed by atoms with Gasteiger partial charge in [-0.2, -0.15) is 8.42 Å². The fourth-order valence-corrected chi connectivity index (χ4v) is 1.67. The van der Waals surface area contributed by atoms with Crippen LogP contribution in [0.25, 0.3) is 0 Å². The normalized spacial score (nSPS) is 15.4. The average Bonchev–Trinajstić information content (AvgIpc) is 1.88. The summed E-state index contributed by atoms with van der Waals surface area (Å²) < 4.78 is 20.8. The van der Waals surface area contributed by atoms with Gasteiger partial charge in [0.15, 0.2) is 0 Å². The van der Waals surface area contributed by atoms with Crippen LogP contribution in [0.5, 0.6) is 0 Å². The number of rotatable bonds is 0. The van der Waals surface area contributed by atoms with Crippen molar-refractivity contribution in [3.8, 4) is 0 Å². The predicted octanol–water partition coefficient (Wildman–Crippen LogP) is 0.376. The largest absolute Gasteiger partial charge is 0.217 e. The van der Waals surface area contributed by atoms with Crippen LogP contribution in [0.4, 0.5) is 0 Å². The monoisotopic (exact) mass is 197 g/mol. The Balaban J connectivity index is 0.000001000. The molecule has 0 fully saturated rings. The Bertz CT molecular complexity index is 318. The van der Waals surface area contributed by atoms with Gasteiger partial charge in [-0.25, -0.2) is 0 Å². The molecule has 2 nitrogen and oxygen atoms in total. The number of hydrogen-bond acceptors (Lipinski definition) is 2. The van der Waals surface area contributed by atoms with Gasteiger partial charge in [0.25, 0.3) is 0 Å². The van der Waals surface area contributed by atoms with Crippen molar-refractivity contribution >= 4 is 54.0 Å². The van der Waals surface area contributed by atoms with E-state index in [1.165, 1.54) is 0 Å². The summed E-state index contributed by atoms with van der Waals surface area (Å²) in [7, 11) is 0.444. The Labute approximate surface area is 91.8 Å². The van der Waals surface area contributed by atoms with Crippen LogP contribution in [-0.4, -0.2) is 42.8 Å². The molecule has 1 radical (unpaired) electrons. The van der Waals surface area contributed by atoms with Crippen LogP contribution in [0.15, 0.2) is 23.5 Å². The molecule has 0 saturated heterocycles. The molecule has 0 aromatic rings. The van der Waals surface area contributed by atoms with Gasteiger partial charge in [0.1, 0.15) is 0 Å². The first-order chi connectivity index (χ1) is 4.70. The minimum Gasteiger partial charge on any atom is -0.184 e. The smallest absolute Gasteiger partial charge is 0.184 e. The van der Waals surface area contributed by atoms with E-state index in [0.29, 0.717) is 11.3 Å². The van der Waals surface area contributed by atoms with Crippen LogP contribution >= 0.6 is 9.24 Å². The zero-order chi connectivity index (χ0) is 7.56. The van der Waals surface area contributed by atoms with Crippen molar-refractivity contribution in [3.63, 3.8) is 0 Å². The van der Waals surface area contributed by atoms with Gasteiger partial charge >= 0.3 is 0 Å². The topological polar surface area (TPSA) is 34.1 Å². The molecule has 0 aromatic carbocycles. The second-order valence-electron chi connectivity index (χ2n) is 1.98. The third-order valence-corrected chi connectivity index (χ3v) is 2.29. The van der Waals surface area contributed by atoms with Crippen LogP contribution in [0.1, 0.15) is 6.42 Å². The van der Waals surface area contributed by atoms with E-state index in [-0.39, 0.29) is 29.6 Å². The molecule has 1 unspecified atom stereocenters. The van der Waals surface area contributed by atoms with Crippen LogP contribution in [0.2, 0.25) is 0 Å². The molecule has 1 aliphatic rings. The second kappa shape index (κ2) is 5.28. The molecule has 1 rings (SSSR count). The zero-order valence-corrected chi connectivity index (χ0v) is 10.2. The number of allylic oxidation sites excluding steroid dienone is 4. The molecule has 1 aliphatic carbocycles. The average molecular weight is 197 g/mol. The summed E-state index contributed by atoms with van der Waals surface area (Å²) in [6.45, 7) is 0. The maximum Gasteiger partial charge on any atom is 0.217 e. The van der Waals surface area contributed by atoms with Crippen molar-refractivity contribution < 1.29 is 8.42 Å². The van der Waals surface area contributed by atoms with Gasteiger partial charge in [0.2, 0.25) is 10.3 Å². The first-order valence-corrected chi connectivity index (χ1v) is 4.43. The molecule has 0 aliphatic heterocycles. The predicted molar refractivity (Wildman–Crippen MR) is 51.2 cm³/mol. The van der Waals surface area contributed by atoms with Gasteiger partial charge in [0, 0.05) is 36.0 Å². The van der Waals surface area contributed by atoms with E-state index in [2.05, 4.69) is 9.24 Å². The van der Waals surface area contributed by atoms with Crippen molar-refractivity contribution in [2.45, 2.75) is 6.42 Å². The molecule has 0 N–H and O–H groups in total. The van der Waals surface area contributed by atoms with E-state index >= 15 is 0 Å². The number of hydrogen-bond donors (Lipinski definition) is 0. The first kappa shape index (κ1) is 11.6. The van der Waals surface area contributed by atoms with Crippen molar-refractivity contribution in [2.24, 2.45) is 0 Å². The fraction of sp³-hybridized carbons (Fsp3) is 0.167. The van der Waals surface area contributed by atoms with Gasteiger partial charge in [-0.1, -0.05) is 12.2 Å². The fourth-order valence-electron chi connectivity index (χ4n) is 0.713. The van der Waals surface area contributed by atoms with Crippen molar-refractivity contribution in [3.05, 3.63) is 23.5 Å². The van der Waals surface area contributed by atoms with Gasteiger partial charge < -0.3 is 0 Å². The Morgan fingerprint density at radius 1 is 1.45 bits per heavy atom. The standard InChI is InChI=1S/C6H7O2PS.Na/c7-10(8)6-3-1-2-5(9)4-6;/h1-3H,4,9H2;. The molecular formula is C6H7NaO2PS. The molecule has 0 aromatic heterocycles. The van der Waals surface area contributed by atoms with E-state index in [0.717, 1.165) is 5.31 Å². The zero-order valence-electron chi connectivity index (χ0n) is 6.24. The summed E-state index contributed by atoms with van der Waals surface area (Å²) in [5.41, 5.74) is 0. The SMILES string of the molecule is O=S(=O)=C1C=CC=C(P)C1.[Na]. The first-order valence-electron chi connectivity index (χ1n) is 2.78. The van der Waals surface area contributed by atoms with Crippen LogP contribution < -0.4 is 0 Å². The van der Waals surface area contributed by atoms with Crippen molar-refractivity contribution in [1.82, 2.24) is 0 Å². The van der Waals surface area contributed by atoms with Crippen molar-refractivity contribution in [2.75, 3.05) is 0 Å². The van der Waals surface area contributed by atoms with Crippen LogP contribution in [0.3, 0.4) is 0 Å². The summed E-state index contributed by atoms with van der Waals surface area (Å²) in [6, 6.07) is 0. The molecule has 0 spiro atoms. The third-order valence-electron chi connectivity index (χ3n) is 1.18. The molecule has 0 saturated carbocycles. The van der Waals surface area contributed by atoms with Crippen LogP contribution in [-0.2, 0) is 10.3 Å². The second-order valence-corrected chi connectivity index (χ2v) is 3.71. The van der Waals surface area contributed by atoms with Crippen LogP contribution in [0, 0.1) is 0 Å². The summed E-state index contributed by atoms with van der Waals surface area (Å²) in [5, 5.41) is 1.00. The molecule has 11 heavy (non-hydrogen) atoms. The molecule has 0 heterocycles. The van der Waals surface area contributed by atoms with E-state index in [9.17, 15) is 8.42 Å². The Hall–Kier alpha value is 0.600. The van der Waals surface area contributed by atoms with Gasteiger partial charge in [-0.15, -0.1) is 9.24 Å².